The number of hydrogen-bond acceptors (Lipinski definition) is 2. The maximum absolute atomic E-state index is 13.1. The number of halogens is 3. The molecular formula is C14H11BrClFN2O. The molecule has 0 spiro atoms. The van der Waals surface area contributed by atoms with Gasteiger partial charge >= 0.3 is 0 Å². The summed E-state index contributed by atoms with van der Waals surface area (Å²) < 4.78 is 13.5. The molecule has 2 aromatic carbocycles. The molecule has 0 heterocycles. The summed E-state index contributed by atoms with van der Waals surface area (Å²) >= 11 is 9.08. The van der Waals surface area contributed by atoms with Gasteiger partial charge in [-0.3, -0.25) is 4.79 Å². The summed E-state index contributed by atoms with van der Waals surface area (Å²) in [5.41, 5.74) is 7.70. The molecule has 0 bridgehead atoms. The Kier molecular flexibility index (Phi) is 4.30. The van der Waals surface area contributed by atoms with Gasteiger partial charge in [-0.15, -0.1) is 0 Å². The van der Waals surface area contributed by atoms with Crippen molar-refractivity contribution in [3.05, 3.63) is 56.8 Å². The van der Waals surface area contributed by atoms with Crippen LogP contribution in [0.2, 0.25) is 5.02 Å². The molecule has 2 aromatic rings. The lowest BCUT2D eigenvalue weighted by Crippen LogP contribution is -2.15. The van der Waals surface area contributed by atoms with Crippen molar-refractivity contribution in [3.8, 4) is 0 Å². The lowest BCUT2D eigenvalue weighted by molar-refractivity contribution is 0.102. The minimum absolute atomic E-state index is 0.108. The molecule has 3 nitrogen and oxygen atoms in total. The van der Waals surface area contributed by atoms with Crippen LogP contribution < -0.4 is 11.1 Å². The van der Waals surface area contributed by atoms with Crippen LogP contribution in [0.1, 0.15) is 15.9 Å². The van der Waals surface area contributed by atoms with Crippen LogP contribution in [0.5, 0.6) is 0 Å². The molecule has 0 radical (unpaired) electrons. The van der Waals surface area contributed by atoms with Gasteiger partial charge in [0.15, 0.2) is 0 Å². The minimum Gasteiger partial charge on any atom is -0.398 e. The maximum atomic E-state index is 13.1. The molecule has 0 aliphatic heterocycles. The summed E-state index contributed by atoms with van der Waals surface area (Å²) in [4.78, 5) is 12.2. The monoisotopic (exact) mass is 356 g/mol. The number of carbonyl (C=O) groups excluding carboxylic acids is 1. The highest BCUT2D eigenvalue weighted by Crippen LogP contribution is 2.32. The number of nitrogens with one attached hydrogen (secondary N) is 1. The van der Waals surface area contributed by atoms with E-state index in [9.17, 15) is 9.18 Å². The number of rotatable bonds is 2. The fraction of sp³-hybridized carbons (Fsp3) is 0.0714. The summed E-state index contributed by atoms with van der Waals surface area (Å²) in [6.45, 7) is 1.86. The second-order valence-corrected chi connectivity index (χ2v) is 5.55. The standard InChI is InChI=1S/C14H11BrClFN2O/c1-7-2-3-12(18)9(4-7)14(20)19-13-10(15)5-8(17)6-11(13)16/h2-6H,18H2,1H3,(H,19,20). The Morgan fingerprint density at radius 2 is 2.05 bits per heavy atom. The Bertz CT molecular complexity index is 668. The second-order valence-electron chi connectivity index (χ2n) is 4.29. The molecule has 3 N–H and O–H groups in total. The van der Waals surface area contributed by atoms with Crippen molar-refractivity contribution in [2.24, 2.45) is 0 Å². The summed E-state index contributed by atoms with van der Waals surface area (Å²) in [5, 5.41) is 2.73. The van der Waals surface area contributed by atoms with E-state index in [1.807, 2.05) is 13.0 Å². The summed E-state index contributed by atoms with van der Waals surface area (Å²) in [6.07, 6.45) is 0. The molecule has 0 aliphatic rings. The first-order valence-corrected chi connectivity index (χ1v) is 6.87. The Morgan fingerprint density at radius 3 is 2.70 bits per heavy atom. The normalized spacial score (nSPS) is 10.4. The molecule has 0 unspecified atom stereocenters. The van der Waals surface area contributed by atoms with Gasteiger partial charge in [0.1, 0.15) is 5.82 Å². The van der Waals surface area contributed by atoms with Crippen molar-refractivity contribution in [1.29, 1.82) is 0 Å². The predicted octanol–water partition coefficient (Wildman–Crippen LogP) is 4.38. The first-order valence-electron chi connectivity index (χ1n) is 5.70. The van der Waals surface area contributed by atoms with Crippen molar-refractivity contribution in [3.63, 3.8) is 0 Å². The van der Waals surface area contributed by atoms with Crippen molar-refractivity contribution in [2.45, 2.75) is 6.92 Å². The molecule has 1 amide bonds. The smallest absolute Gasteiger partial charge is 0.257 e. The van der Waals surface area contributed by atoms with Gasteiger partial charge in [0.05, 0.1) is 16.3 Å². The van der Waals surface area contributed by atoms with E-state index < -0.39 is 11.7 Å². The number of nitrogens with two attached hydrogens (primary N) is 1. The van der Waals surface area contributed by atoms with Crippen molar-refractivity contribution in [1.82, 2.24) is 0 Å². The van der Waals surface area contributed by atoms with Gasteiger partial charge in [-0.1, -0.05) is 23.2 Å². The highest BCUT2D eigenvalue weighted by Gasteiger charge is 2.15. The van der Waals surface area contributed by atoms with Gasteiger partial charge in [0, 0.05) is 10.2 Å². The molecule has 0 saturated carbocycles. The summed E-state index contributed by atoms with van der Waals surface area (Å²) in [6, 6.07) is 7.50. The summed E-state index contributed by atoms with van der Waals surface area (Å²) in [5.74, 6) is -0.893. The third-order valence-electron chi connectivity index (χ3n) is 2.70. The first kappa shape index (κ1) is 14.8. The fourth-order valence-electron chi connectivity index (χ4n) is 1.71. The van der Waals surface area contributed by atoms with E-state index in [-0.39, 0.29) is 5.02 Å². The largest absolute Gasteiger partial charge is 0.398 e. The van der Waals surface area contributed by atoms with E-state index in [1.54, 1.807) is 12.1 Å². The third-order valence-corrected chi connectivity index (χ3v) is 3.62. The van der Waals surface area contributed by atoms with Crippen LogP contribution in [-0.2, 0) is 0 Å². The van der Waals surface area contributed by atoms with Crippen LogP contribution >= 0.6 is 27.5 Å². The van der Waals surface area contributed by atoms with E-state index in [4.69, 9.17) is 17.3 Å². The molecule has 0 atom stereocenters. The van der Waals surface area contributed by atoms with Gasteiger partial charge in [0.25, 0.3) is 5.91 Å². The molecule has 0 fully saturated rings. The number of anilines is 2. The van der Waals surface area contributed by atoms with Crippen molar-refractivity contribution < 1.29 is 9.18 Å². The number of amides is 1. The zero-order valence-corrected chi connectivity index (χ0v) is 12.8. The Morgan fingerprint density at radius 1 is 1.35 bits per heavy atom. The highest BCUT2D eigenvalue weighted by molar-refractivity contribution is 9.10. The zero-order chi connectivity index (χ0) is 14.9. The molecule has 0 aromatic heterocycles. The third kappa shape index (κ3) is 3.11. The van der Waals surface area contributed by atoms with Gasteiger partial charge in [-0.2, -0.15) is 0 Å². The van der Waals surface area contributed by atoms with Gasteiger partial charge in [0.2, 0.25) is 0 Å². The average Bonchev–Trinajstić information content (AvgIpc) is 2.36. The van der Waals surface area contributed by atoms with Crippen LogP contribution in [-0.4, -0.2) is 5.91 Å². The molecule has 104 valence electrons. The van der Waals surface area contributed by atoms with Crippen LogP contribution in [0.15, 0.2) is 34.8 Å². The number of benzene rings is 2. The van der Waals surface area contributed by atoms with Crippen LogP contribution in [0, 0.1) is 12.7 Å². The lowest BCUT2D eigenvalue weighted by Gasteiger charge is -2.11. The van der Waals surface area contributed by atoms with Crippen LogP contribution in [0.3, 0.4) is 0 Å². The average molecular weight is 358 g/mol. The van der Waals surface area contributed by atoms with E-state index in [1.165, 1.54) is 6.07 Å². The number of aryl methyl sites for hydroxylation is 1. The van der Waals surface area contributed by atoms with E-state index in [0.29, 0.717) is 21.4 Å². The SMILES string of the molecule is Cc1ccc(N)c(C(=O)Nc2c(Cl)cc(F)cc2Br)c1. The Balaban J connectivity index is 2.35. The van der Waals surface area contributed by atoms with Crippen LogP contribution in [0.4, 0.5) is 15.8 Å². The quantitative estimate of drug-likeness (QED) is 0.783. The number of hydrogen-bond donors (Lipinski definition) is 2. The lowest BCUT2D eigenvalue weighted by atomic mass is 10.1. The second kappa shape index (κ2) is 5.81. The molecule has 0 aliphatic carbocycles. The van der Waals surface area contributed by atoms with Crippen molar-refractivity contribution >= 4 is 44.8 Å². The Labute approximate surface area is 129 Å². The van der Waals surface area contributed by atoms with E-state index in [0.717, 1.165) is 11.6 Å². The number of nitrogen functional groups attached to an aromatic ring is 1. The number of carbonyl (C=O) groups is 1. The molecule has 0 saturated heterocycles. The molecule has 6 heteroatoms. The molecule has 2 rings (SSSR count). The zero-order valence-electron chi connectivity index (χ0n) is 10.5. The minimum atomic E-state index is -0.491. The molecular weight excluding hydrogens is 347 g/mol. The predicted molar refractivity (Wildman–Crippen MR) is 82.7 cm³/mol. The Hall–Kier alpha value is -1.59. The maximum Gasteiger partial charge on any atom is 0.257 e. The van der Waals surface area contributed by atoms with E-state index in [2.05, 4.69) is 21.2 Å². The molecule has 20 heavy (non-hydrogen) atoms. The van der Waals surface area contributed by atoms with Gasteiger partial charge in [-0.25, -0.2) is 4.39 Å². The fourth-order valence-corrected chi connectivity index (χ4v) is 2.61. The topological polar surface area (TPSA) is 55.1 Å². The highest BCUT2D eigenvalue weighted by atomic mass is 79.9. The van der Waals surface area contributed by atoms with Crippen LogP contribution in [0.25, 0.3) is 0 Å². The van der Waals surface area contributed by atoms with Crippen molar-refractivity contribution in [2.75, 3.05) is 11.1 Å². The first-order chi connectivity index (χ1) is 9.38. The van der Waals surface area contributed by atoms with Gasteiger partial charge in [-0.05, 0) is 47.1 Å². The van der Waals surface area contributed by atoms with Gasteiger partial charge < -0.3 is 11.1 Å². The summed E-state index contributed by atoms with van der Waals surface area (Å²) in [7, 11) is 0. The van der Waals surface area contributed by atoms with E-state index >= 15 is 0 Å².